The molecule has 0 saturated heterocycles. The first-order chi connectivity index (χ1) is 15.1. The molecule has 0 unspecified atom stereocenters. The molecule has 0 aliphatic carbocycles. The maximum absolute atomic E-state index is 12.4. The average molecular weight is 438 g/mol. The van der Waals surface area contributed by atoms with Crippen molar-refractivity contribution in [2.75, 3.05) is 22.6 Å². The molecule has 1 aliphatic rings. The fraction of sp³-hybridized carbons (Fsp3) is 0.208. The van der Waals surface area contributed by atoms with E-state index in [1.54, 1.807) is 41.5 Å². The van der Waals surface area contributed by atoms with Crippen LogP contribution in [0.4, 0.5) is 17.1 Å². The Kier molecular flexibility index (Phi) is 6.48. The molecule has 0 spiro atoms. The van der Waals surface area contributed by atoms with Gasteiger partial charge in [-0.05, 0) is 73.2 Å². The number of hydrazine groups is 2. The number of esters is 1. The quantitative estimate of drug-likeness (QED) is 0.245. The van der Waals surface area contributed by atoms with Crippen LogP contribution >= 0.6 is 11.6 Å². The number of halogens is 1. The second kappa shape index (κ2) is 9.62. The molecular formula is C24H24ClN3O3. The number of anilines is 3. The molecule has 0 fully saturated rings. The Morgan fingerprint density at radius 1 is 0.903 bits per heavy atom. The minimum absolute atomic E-state index is 0.412. The lowest BCUT2D eigenvalue weighted by molar-refractivity contribution is 0.0734. The zero-order valence-corrected chi connectivity index (χ0v) is 18.0. The summed E-state index contributed by atoms with van der Waals surface area (Å²) < 4.78 is 11.2. The maximum Gasteiger partial charge on any atom is 0.343 e. The van der Waals surface area contributed by atoms with Gasteiger partial charge in [0.1, 0.15) is 11.5 Å². The predicted molar refractivity (Wildman–Crippen MR) is 124 cm³/mol. The van der Waals surface area contributed by atoms with Crippen LogP contribution in [0.2, 0.25) is 5.02 Å². The Bertz CT molecular complexity index is 1040. The number of carbonyl (C=O) groups is 1. The van der Waals surface area contributed by atoms with Gasteiger partial charge in [-0.2, -0.15) is 5.12 Å². The van der Waals surface area contributed by atoms with Crippen LogP contribution in [0, 0.1) is 0 Å². The predicted octanol–water partition coefficient (Wildman–Crippen LogP) is 6.30. The number of fused-ring (bicyclic) bond motifs is 1. The summed E-state index contributed by atoms with van der Waals surface area (Å²) in [6, 6.07) is 19.8. The van der Waals surface area contributed by atoms with Gasteiger partial charge in [0.05, 0.1) is 29.2 Å². The molecule has 0 amide bonds. The van der Waals surface area contributed by atoms with Crippen molar-refractivity contribution in [3.63, 3.8) is 0 Å². The molecule has 31 heavy (non-hydrogen) atoms. The topological polar surface area (TPSA) is 62.8 Å². The molecule has 3 aromatic rings. The molecule has 1 aliphatic heterocycles. The van der Waals surface area contributed by atoms with Crippen LogP contribution in [0.1, 0.15) is 36.5 Å². The number of ether oxygens (including phenoxy) is 2. The lowest BCUT2D eigenvalue weighted by Crippen LogP contribution is -2.29. The van der Waals surface area contributed by atoms with Crippen molar-refractivity contribution >= 4 is 34.6 Å². The van der Waals surface area contributed by atoms with Crippen molar-refractivity contribution < 1.29 is 14.3 Å². The summed E-state index contributed by atoms with van der Waals surface area (Å²) >= 11 is 6.04. The summed E-state index contributed by atoms with van der Waals surface area (Å²) in [5.74, 6) is 0.808. The van der Waals surface area contributed by atoms with Crippen molar-refractivity contribution in [2.45, 2.75) is 26.2 Å². The molecule has 4 rings (SSSR count). The van der Waals surface area contributed by atoms with E-state index in [9.17, 15) is 4.79 Å². The Labute approximate surface area is 186 Å². The maximum atomic E-state index is 12.4. The van der Waals surface area contributed by atoms with E-state index in [1.807, 2.05) is 30.3 Å². The van der Waals surface area contributed by atoms with Gasteiger partial charge in [0.2, 0.25) is 0 Å². The van der Waals surface area contributed by atoms with Crippen LogP contribution in [-0.2, 0) is 0 Å². The fourth-order valence-corrected chi connectivity index (χ4v) is 3.34. The normalized spacial score (nSPS) is 12.0. The first-order valence-electron chi connectivity index (χ1n) is 10.3. The van der Waals surface area contributed by atoms with E-state index in [0.717, 1.165) is 42.1 Å². The van der Waals surface area contributed by atoms with E-state index in [1.165, 1.54) is 0 Å². The number of carbonyl (C=O) groups excluding carboxylic acids is 1. The summed E-state index contributed by atoms with van der Waals surface area (Å²) in [7, 11) is 0. The minimum atomic E-state index is -0.412. The van der Waals surface area contributed by atoms with E-state index < -0.39 is 5.97 Å². The number of unbranched alkanes of at least 4 members (excludes halogenated alkanes) is 2. The summed E-state index contributed by atoms with van der Waals surface area (Å²) in [6.45, 7) is 2.84. The fourth-order valence-electron chi connectivity index (χ4n) is 3.16. The number of hydrogen-bond acceptors (Lipinski definition) is 6. The molecule has 0 bridgehead atoms. The zero-order chi connectivity index (χ0) is 21.6. The van der Waals surface area contributed by atoms with Crippen molar-refractivity contribution in [1.82, 2.24) is 0 Å². The van der Waals surface area contributed by atoms with Gasteiger partial charge in [0.25, 0.3) is 0 Å². The third-order valence-corrected chi connectivity index (χ3v) is 5.09. The lowest BCUT2D eigenvalue weighted by atomic mass is 10.2. The van der Waals surface area contributed by atoms with Crippen molar-refractivity contribution in [1.29, 1.82) is 0 Å². The SMILES string of the molecule is CCCCCOc1ccc(C(=O)Oc2ccc(N3Nc4ccc(Cl)cc4N3)cc2)cc1. The zero-order valence-electron chi connectivity index (χ0n) is 17.2. The standard InChI is InChI=1S/C24H24ClN3O3/c1-2-3-4-15-30-20-10-5-17(6-11-20)24(29)31-21-12-8-19(9-13-21)28-26-22-14-7-18(25)16-23(22)27-28/h5-14,16,26-27H,2-4,15H2,1H3. The third kappa shape index (κ3) is 5.22. The first-order valence-corrected chi connectivity index (χ1v) is 10.7. The van der Waals surface area contributed by atoms with E-state index in [0.29, 0.717) is 22.9 Å². The second-order valence-corrected chi connectivity index (χ2v) is 7.65. The smallest absolute Gasteiger partial charge is 0.343 e. The Balaban J connectivity index is 1.32. The number of hydrogen-bond donors (Lipinski definition) is 2. The van der Waals surface area contributed by atoms with Gasteiger partial charge in [0, 0.05) is 5.02 Å². The summed E-state index contributed by atoms with van der Waals surface area (Å²) in [4.78, 5) is 12.4. The molecule has 2 N–H and O–H groups in total. The van der Waals surface area contributed by atoms with Crippen molar-refractivity contribution in [2.24, 2.45) is 0 Å². The summed E-state index contributed by atoms with van der Waals surface area (Å²) in [5, 5.41) is 2.43. The molecule has 6 nitrogen and oxygen atoms in total. The summed E-state index contributed by atoms with van der Waals surface area (Å²) in [5.41, 5.74) is 9.61. The van der Waals surface area contributed by atoms with E-state index in [2.05, 4.69) is 17.8 Å². The highest BCUT2D eigenvalue weighted by atomic mass is 35.5. The van der Waals surface area contributed by atoms with Gasteiger partial charge in [0.15, 0.2) is 0 Å². The number of nitrogens with zero attached hydrogens (tertiary/aromatic N) is 1. The summed E-state index contributed by atoms with van der Waals surface area (Å²) in [6.07, 6.45) is 3.33. The molecular weight excluding hydrogens is 414 g/mol. The van der Waals surface area contributed by atoms with Crippen LogP contribution in [0.25, 0.3) is 0 Å². The number of nitrogens with one attached hydrogen (secondary N) is 2. The molecule has 3 aromatic carbocycles. The third-order valence-electron chi connectivity index (χ3n) is 4.86. The molecule has 1 heterocycles. The van der Waals surface area contributed by atoms with Crippen LogP contribution in [0.15, 0.2) is 66.7 Å². The van der Waals surface area contributed by atoms with E-state index in [-0.39, 0.29) is 0 Å². The van der Waals surface area contributed by atoms with Crippen molar-refractivity contribution in [3.8, 4) is 11.5 Å². The first kappa shape index (κ1) is 20.9. The molecule has 0 saturated carbocycles. The largest absolute Gasteiger partial charge is 0.494 e. The van der Waals surface area contributed by atoms with Crippen LogP contribution in [0.5, 0.6) is 11.5 Å². The molecule has 7 heteroatoms. The molecule has 0 aromatic heterocycles. The second-order valence-electron chi connectivity index (χ2n) is 7.21. The Hall–Kier alpha value is -3.38. The molecule has 0 atom stereocenters. The number of rotatable bonds is 8. The monoisotopic (exact) mass is 437 g/mol. The van der Waals surface area contributed by atoms with Gasteiger partial charge < -0.3 is 9.47 Å². The highest BCUT2D eigenvalue weighted by Crippen LogP contribution is 2.33. The Morgan fingerprint density at radius 2 is 1.61 bits per heavy atom. The van der Waals surface area contributed by atoms with Gasteiger partial charge in [-0.25, -0.2) is 4.79 Å². The van der Waals surface area contributed by atoms with E-state index in [4.69, 9.17) is 21.1 Å². The van der Waals surface area contributed by atoms with Gasteiger partial charge >= 0.3 is 5.97 Å². The van der Waals surface area contributed by atoms with Gasteiger partial charge in [-0.15, -0.1) is 0 Å². The highest BCUT2D eigenvalue weighted by molar-refractivity contribution is 6.31. The Morgan fingerprint density at radius 3 is 2.35 bits per heavy atom. The van der Waals surface area contributed by atoms with Crippen molar-refractivity contribution in [3.05, 3.63) is 77.3 Å². The minimum Gasteiger partial charge on any atom is -0.494 e. The molecule has 0 radical (unpaired) electrons. The number of benzene rings is 3. The van der Waals surface area contributed by atoms with Gasteiger partial charge in [-0.3, -0.25) is 10.9 Å². The van der Waals surface area contributed by atoms with Gasteiger partial charge in [-0.1, -0.05) is 31.4 Å². The van der Waals surface area contributed by atoms with E-state index >= 15 is 0 Å². The lowest BCUT2D eigenvalue weighted by Gasteiger charge is -2.19. The highest BCUT2D eigenvalue weighted by Gasteiger charge is 2.18. The average Bonchev–Trinajstić information content (AvgIpc) is 3.21. The van der Waals surface area contributed by atoms with Crippen LogP contribution < -0.4 is 25.4 Å². The van der Waals surface area contributed by atoms with Crippen LogP contribution in [-0.4, -0.2) is 12.6 Å². The molecule has 160 valence electrons. The van der Waals surface area contributed by atoms with Crippen LogP contribution in [0.3, 0.4) is 0 Å².